The molecule has 1 aromatic rings. The fourth-order valence-electron chi connectivity index (χ4n) is 2.96. The second-order valence-electron chi connectivity index (χ2n) is 6.21. The van der Waals surface area contributed by atoms with Crippen LogP contribution in [0.25, 0.3) is 0 Å². The summed E-state index contributed by atoms with van der Waals surface area (Å²) < 4.78 is 10.9. The summed E-state index contributed by atoms with van der Waals surface area (Å²) in [5.41, 5.74) is 0. The first-order valence-corrected chi connectivity index (χ1v) is 9.14. The first-order chi connectivity index (χ1) is 10.8. The number of ether oxygens (including phenoxy) is 1. The Morgan fingerprint density at radius 3 is 2.41 bits per heavy atom. The van der Waals surface area contributed by atoms with E-state index in [0.717, 1.165) is 24.0 Å². The fourth-order valence-corrected chi connectivity index (χ4v) is 3.18. The lowest BCUT2D eigenvalue weighted by atomic mass is 9.82. The zero-order valence-electron chi connectivity index (χ0n) is 13.5. The first kappa shape index (κ1) is 17.4. The van der Waals surface area contributed by atoms with Crippen molar-refractivity contribution in [3.8, 4) is 11.5 Å². The molecule has 0 amide bonds. The number of hydrogen-bond donors (Lipinski definition) is 0. The predicted octanol–water partition coefficient (Wildman–Crippen LogP) is 6.31. The van der Waals surface area contributed by atoms with Crippen molar-refractivity contribution in [1.29, 1.82) is 0 Å². The Labute approximate surface area is 143 Å². The molecule has 122 valence electrons. The largest absolute Gasteiger partial charge is 0.493 e. The lowest BCUT2D eigenvalue weighted by molar-refractivity contribution is 0.194. The standard InChI is InChI=1S/C19H27BrO2/c1-2-3-4-5-6-16-7-9-17(10-8-16)15-21-18-11-13-19(22-20)14-12-18/h5-6,11-14,16-17H,2-4,7-10,15H2,1H3/b6-5+. The number of hydrogen-bond acceptors (Lipinski definition) is 2. The van der Waals surface area contributed by atoms with Crippen molar-refractivity contribution in [2.75, 3.05) is 6.61 Å². The van der Waals surface area contributed by atoms with Crippen molar-refractivity contribution >= 4 is 16.3 Å². The maximum Gasteiger partial charge on any atom is 0.179 e. The second kappa shape index (κ2) is 9.94. The molecule has 1 saturated carbocycles. The van der Waals surface area contributed by atoms with Crippen LogP contribution in [0.2, 0.25) is 0 Å². The number of rotatable bonds is 8. The third-order valence-electron chi connectivity index (χ3n) is 4.42. The zero-order valence-corrected chi connectivity index (χ0v) is 15.1. The molecule has 2 rings (SSSR count). The van der Waals surface area contributed by atoms with Gasteiger partial charge in [-0.3, -0.25) is 0 Å². The van der Waals surface area contributed by atoms with E-state index in [1.165, 1.54) is 44.9 Å². The quantitative estimate of drug-likeness (QED) is 0.396. The van der Waals surface area contributed by atoms with E-state index in [0.29, 0.717) is 5.92 Å². The van der Waals surface area contributed by atoms with Crippen LogP contribution in [0.3, 0.4) is 0 Å². The zero-order chi connectivity index (χ0) is 15.6. The fraction of sp³-hybridized carbons (Fsp3) is 0.579. The van der Waals surface area contributed by atoms with Gasteiger partial charge in [-0.15, -0.1) is 0 Å². The van der Waals surface area contributed by atoms with Crippen LogP contribution in [0.4, 0.5) is 0 Å². The van der Waals surface area contributed by atoms with Crippen LogP contribution in [0, 0.1) is 11.8 Å². The van der Waals surface area contributed by atoms with Gasteiger partial charge < -0.3 is 8.57 Å². The smallest absolute Gasteiger partial charge is 0.179 e. The van der Waals surface area contributed by atoms with E-state index in [9.17, 15) is 0 Å². The summed E-state index contributed by atoms with van der Waals surface area (Å²) in [5, 5.41) is 0. The molecule has 0 heterocycles. The Bertz CT molecular complexity index is 433. The SMILES string of the molecule is CCCC/C=C/C1CCC(COc2ccc(OBr)cc2)CC1. The first-order valence-electron chi connectivity index (χ1n) is 8.50. The highest BCUT2D eigenvalue weighted by Crippen LogP contribution is 2.30. The van der Waals surface area contributed by atoms with Crippen molar-refractivity contribution in [2.45, 2.75) is 51.9 Å². The van der Waals surface area contributed by atoms with Crippen molar-refractivity contribution in [2.24, 2.45) is 11.8 Å². The maximum atomic E-state index is 5.90. The Morgan fingerprint density at radius 2 is 1.77 bits per heavy atom. The summed E-state index contributed by atoms with van der Waals surface area (Å²) in [7, 11) is 0. The van der Waals surface area contributed by atoms with Gasteiger partial charge in [0.15, 0.2) is 16.3 Å². The van der Waals surface area contributed by atoms with Crippen LogP contribution < -0.4 is 8.57 Å². The molecule has 0 spiro atoms. The summed E-state index contributed by atoms with van der Waals surface area (Å²) in [4.78, 5) is 0. The van der Waals surface area contributed by atoms with Crippen LogP contribution in [-0.4, -0.2) is 6.61 Å². The molecule has 0 bridgehead atoms. The molecule has 1 aliphatic rings. The van der Waals surface area contributed by atoms with Crippen LogP contribution in [-0.2, 0) is 0 Å². The monoisotopic (exact) mass is 366 g/mol. The Morgan fingerprint density at radius 1 is 1.09 bits per heavy atom. The van der Waals surface area contributed by atoms with Crippen LogP contribution in [0.1, 0.15) is 51.9 Å². The minimum Gasteiger partial charge on any atom is -0.493 e. The summed E-state index contributed by atoms with van der Waals surface area (Å²) in [6.45, 7) is 3.08. The van der Waals surface area contributed by atoms with E-state index in [1.54, 1.807) is 0 Å². The van der Waals surface area contributed by atoms with Gasteiger partial charge in [-0.2, -0.15) is 0 Å². The molecular weight excluding hydrogens is 340 g/mol. The summed E-state index contributed by atoms with van der Waals surface area (Å²) in [5.74, 6) is 3.22. The molecular formula is C19H27BrO2. The molecule has 0 aliphatic heterocycles. The van der Waals surface area contributed by atoms with Gasteiger partial charge in [0.25, 0.3) is 0 Å². The minimum atomic E-state index is 0.701. The van der Waals surface area contributed by atoms with E-state index < -0.39 is 0 Å². The maximum absolute atomic E-state index is 5.90. The highest BCUT2D eigenvalue weighted by atomic mass is 79.9. The highest BCUT2D eigenvalue weighted by molar-refractivity contribution is 9.06. The van der Waals surface area contributed by atoms with E-state index in [2.05, 4.69) is 35.3 Å². The van der Waals surface area contributed by atoms with Crippen molar-refractivity contribution < 1.29 is 8.57 Å². The number of benzene rings is 1. The lowest BCUT2D eigenvalue weighted by Gasteiger charge is -2.26. The van der Waals surface area contributed by atoms with Gasteiger partial charge in [0.2, 0.25) is 0 Å². The average Bonchev–Trinajstić information content (AvgIpc) is 2.58. The molecule has 1 aliphatic carbocycles. The Balaban J connectivity index is 1.65. The highest BCUT2D eigenvalue weighted by Gasteiger charge is 2.19. The molecule has 1 fully saturated rings. The van der Waals surface area contributed by atoms with E-state index in [-0.39, 0.29) is 0 Å². The number of unbranched alkanes of at least 4 members (excludes halogenated alkanes) is 2. The van der Waals surface area contributed by atoms with Crippen molar-refractivity contribution in [3.05, 3.63) is 36.4 Å². The minimum absolute atomic E-state index is 0.701. The summed E-state index contributed by atoms with van der Waals surface area (Å²) in [6, 6.07) is 7.72. The molecule has 22 heavy (non-hydrogen) atoms. The van der Waals surface area contributed by atoms with E-state index in [1.807, 2.05) is 24.3 Å². The molecule has 0 unspecified atom stereocenters. The van der Waals surface area contributed by atoms with E-state index >= 15 is 0 Å². The number of allylic oxidation sites excluding steroid dienone is 2. The lowest BCUT2D eigenvalue weighted by Crippen LogP contribution is -2.19. The Hall–Kier alpha value is -0.960. The third-order valence-corrected chi connectivity index (χ3v) is 4.80. The molecule has 0 saturated heterocycles. The summed E-state index contributed by atoms with van der Waals surface area (Å²) >= 11 is 2.97. The number of halogens is 1. The normalized spacial score (nSPS) is 21.9. The molecule has 1 aromatic carbocycles. The van der Waals surface area contributed by atoms with Crippen molar-refractivity contribution in [3.63, 3.8) is 0 Å². The average molecular weight is 367 g/mol. The molecule has 0 atom stereocenters. The van der Waals surface area contributed by atoms with Crippen LogP contribution in [0.15, 0.2) is 36.4 Å². The van der Waals surface area contributed by atoms with Gasteiger partial charge in [0.05, 0.1) is 6.61 Å². The van der Waals surface area contributed by atoms with Crippen LogP contribution >= 0.6 is 16.3 Å². The summed E-state index contributed by atoms with van der Waals surface area (Å²) in [6.07, 6.45) is 13.9. The molecule has 0 aromatic heterocycles. The molecule has 3 heteroatoms. The van der Waals surface area contributed by atoms with Gasteiger partial charge in [-0.25, -0.2) is 0 Å². The predicted molar refractivity (Wildman–Crippen MR) is 95.6 cm³/mol. The van der Waals surface area contributed by atoms with Gasteiger partial charge in [0, 0.05) is 0 Å². The molecule has 0 radical (unpaired) electrons. The van der Waals surface area contributed by atoms with Gasteiger partial charge >= 0.3 is 0 Å². The molecule has 2 nitrogen and oxygen atoms in total. The van der Waals surface area contributed by atoms with E-state index in [4.69, 9.17) is 8.57 Å². The van der Waals surface area contributed by atoms with Gasteiger partial charge in [-0.05, 0) is 68.2 Å². The second-order valence-corrected chi connectivity index (χ2v) is 6.53. The van der Waals surface area contributed by atoms with Crippen molar-refractivity contribution in [1.82, 2.24) is 0 Å². The Kier molecular flexibility index (Phi) is 7.86. The third kappa shape index (κ3) is 6.04. The van der Waals surface area contributed by atoms with Gasteiger partial charge in [-0.1, -0.05) is 31.9 Å². The topological polar surface area (TPSA) is 18.5 Å². The van der Waals surface area contributed by atoms with Gasteiger partial charge in [0.1, 0.15) is 11.5 Å². The molecule has 0 N–H and O–H groups in total. The van der Waals surface area contributed by atoms with Crippen LogP contribution in [0.5, 0.6) is 11.5 Å².